The standard InChI is InChI=1S/C10H20N2O2/c1-9(13)12-6-3-2-4-10(12)8-14-7-5-11/h10H,2-8,11H2,1H3. The number of likely N-dealkylation sites (tertiary alicyclic amines) is 1. The third-order valence-electron chi connectivity index (χ3n) is 2.60. The van der Waals surface area contributed by atoms with Gasteiger partial charge in [-0.1, -0.05) is 0 Å². The van der Waals surface area contributed by atoms with Crippen molar-refractivity contribution >= 4 is 5.91 Å². The van der Waals surface area contributed by atoms with Gasteiger partial charge in [-0.2, -0.15) is 0 Å². The van der Waals surface area contributed by atoms with Crippen molar-refractivity contribution in [1.29, 1.82) is 0 Å². The molecule has 0 radical (unpaired) electrons. The van der Waals surface area contributed by atoms with Crippen LogP contribution in [0.3, 0.4) is 0 Å². The van der Waals surface area contributed by atoms with E-state index in [0.29, 0.717) is 19.8 Å². The van der Waals surface area contributed by atoms with E-state index >= 15 is 0 Å². The first-order valence-electron chi connectivity index (χ1n) is 5.30. The minimum absolute atomic E-state index is 0.158. The first-order valence-corrected chi connectivity index (χ1v) is 5.30. The Kier molecular flexibility index (Phi) is 4.90. The lowest BCUT2D eigenvalue weighted by molar-refractivity contribution is -0.134. The first kappa shape index (κ1) is 11.5. The van der Waals surface area contributed by atoms with Crippen LogP contribution in [-0.2, 0) is 9.53 Å². The van der Waals surface area contributed by atoms with E-state index in [1.165, 1.54) is 6.42 Å². The quantitative estimate of drug-likeness (QED) is 0.667. The zero-order valence-corrected chi connectivity index (χ0v) is 8.87. The summed E-state index contributed by atoms with van der Waals surface area (Å²) in [6, 6.07) is 0.271. The zero-order chi connectivity index (χ0) is 10.4. The van der Waals surface area contributed by atoms with Gasteiger partial charge in [0.2, 0.25) is 5.91 Å². The summed E-state index contributed by atoms with van der Waals surface area (Å²) in [6.45, 7) is 4.28. The van der Waals surface area contributed by atoms with Gasteiger partial charge < -0.3 is 15.4 Å². The second-order valence-electron chi connectivity index (χ2n) is 3.73. The maximum atomic E-state index is 11.3. The van der Waals surface area contributed by atoms with E-state index < -0.39 is 0 Å². The minimum atomic E-state index is 0.158. The summed E-state index contributed by atoms with van der Waals surface area (Å²) in [5, 5.41) is 0. The predicted octanol–water partition coefficient (Wildman–Crippen LogP) is 0.363. The second kappa shape index (κ2) is 5.98. The molecule has 2 N–H and O–H groups in total. The SMILES string of the molecule is CC(=O)N1CCCCC1COCCN. The van der Waals surface area contributed by atoms with Crippen LogP contribution in [0.1, 0.15) is 26.2 Å². The Hall–Kier alpha value is -0.610. The number of nitrogens with zero attached hydrogens (tertiary/aromatic N) is 1. The van der Waals surface area contributed by atoms with Gasteiger partial charge in [-0.05, 0) is 19.3 Å². The van der Waals surface area contributed by atoms with E-state index in [1.54, 1.807) is 6.92 Å². The lowest BCUT2D eigenvalue weighted by Crippen LogP contribution is -2.45. The summed E-state index contributed by atoms with van der Waals surface area (Å²) >= 11 is 0. The smallest absolute Gasteiger partial charge is 0.219 e. The Morgan fingerprint density at radius 3 is 3.00 bits per heavy atom. The first-order chi connectivity index (χ1) is 6.75. The molecule has 0 aromatic heterocycles. The van der Waals surface area contributed by atoms with Crippen molar-refractivity contribution < 1.29 is 9.53 Å². The van der Waals surface area contributed by atoms with Gasteiger partial charge in [0.15, 0.2) is 0 Å². The van der Waals surface area contributed by atoms with Crippen LogP contribution < -0.4 is 5.73 Å². The van der Waals surface area contributed by atoms with Crippen molar-refractivity contribution in [3.8, 4) is 0 Å². The van der Waals surface area contributed by atoms with Gasteiger partial charge in [0.05, 0.1) is 19.3 Å². The van der Waals surface area contributed by atoms with Gasteiger partial charge >= 0.3 is 0 Å². The van der Waals surface area contributed by atoms with Crippen LogP contribution in [0.15, 0.2) is 0 Å². The Balaban J connectivity index is 2.34. The molecule has 82 valence electrons. The second-order valence-corrected chi connectivity index (χ2v) is 3.73. The van der Waals surface area contributed by atoms with Crippen molar-refractivity contribution in [2.75, 3.05) is 26.3 Å². The van der Waals surface area contributed by atoms with Crippen LogP contribution in [0.25, 0.3) is 0 Å². The summed E-state index contributed by atoms with van der Waals surface area (Å²) in [5.74, 6) is 0.158. The highest BCUT2D eigenvalue weighted by molar-refractivity contribution is 5.73. The highest BCUT2D eigenvalue weighted by Crippen LogP contribution is 2.17. The highest BCUT2D eigenvalue weighted by atomic mass is 16.5. The van der Waals surface area contributed by atoms with Gasteiger partial charge in [-0.15, -0.1) is 0 Å². The molecular formula is C10H20N2O2. The molecule has 1 aliphatic rings. The maximum absolute atomic E-state index is 11.3. The Morgan fingerprint density at radius 1 is 1.57 bits per heavy atom. The number of carbonyl (C=O) groups excluding carboxylic acids is 1. The van der Waals surface area contributed by atoms with Gasteiger partial charge in [0.1, 0.15) is 0 Å². The highest BCUT2D eigenvalue weighted by Gasteiger charge is 2.23. The summed E-state index contributed by atoms with van der Waals surface area (Å²) in [4.78, 5) is 13.2. The van der Waals surface area contributed by atoms with Crippen LogP contribution in [0, 0.1) is 0 Å². The van der Waals surface area contributed by atoms with Crippen LogP contribution in [0.5, 0.6) is 0 Å². The van der Waals surface area contributed by atoms with E-state index in [2.05, 4.69) is 0 Å². The molecule has 0 aliphatic carbocycles. The number of hydrogen-bond donors (Lipinski definition) is 1. The van der Waals surface area contributed by atoms with Crippen LogP contribution in [0.2, 0.25) is 0 Å². The monoisotopic (exact) mass is 200 g/mol. The molecule has 1 rings (SSSR count). The van der Waals surface area contributed by atoms with Gasteiger partial charge in [0, 0.05) is 20.0 Å². The fourth-order valence-electron chi connectivity index (χ4n) is 1.89. The van der Waals surface area contributed by atoms with Crippen LogP contribution in [-0.4, -0.2) is 43.2 Å². The third-order valence-corrected chi connectivity index (χ3v) is 2.60. The van der Waals surface area contributed by atoms with Gasteiger partial charge in [0.25, 0.3) is 0 Å². The lowest BCUT2D eigenvalue weighted by Gasteiger charge is -2.34. The Bertz CT molecular complexity index is 185. The Labute approximate surface area is 85.4 Å². The van der Waals surface area contributed by atoms with E-state index in [4.69, 9.17) is 10.5 Å². The molecule has 1 unspecified atom stereocenters. The topological polar surface area (TPSA) is 55.6 Å². The van der Waals surface area contributed by atoms with Crippen molar-refractivity contribution in [2.24, 2.45) is 5.73 Å². The largest absolute Gasteiger partial charge is 0.378 e. The molecule has 1 amide bonds. The normalized spacial score (nSPS) is 22.4. The number of ether oxygens (including phenoxy) is 1. The molecule has 1 aliphatic heterocycles. The number of hydrogen-bond acceptors (Lipinski definition) is 3. The molecule has 0 saturated carbocycles. The minimum Gasteiger partial charge on any atom is -0.378 e. The molecule has 1 fully saturated rings. The van der Waals surface area contributed by atoms with E-state index in [-0.39, 0.29) is 11.9 Å². The molecule has 1 saturated heterocycles. The molecule has 0 aromatic rings. The molecule has 0 bridgehead atoms. The molecule has 0 aromatic carbocycles. The molecule has 4 heteroatoms. The zero-order valence-electron chi connectivity index (χ0n) is 8.87. The average Bonchev–Trinajstić information content (AvgIpc) is 2.19. The molecule has 0 spiro atoms. The summed E-state index contributed by atoms with van der Waals surface area (Å²) < 4.78 is 5.38. The summed E-state index contributed by atoms with van der Waals surface area (Å²) in [6.07, 6.45) is 3.37. The predicted molar refractivity (Wildman–Crippen MR) is 54.9 cm³/mol. The number of piperidine rings is 1. The van der Waals surface area contributed by atoms with Crippen molar-refractivity contribution in [2.45, 2.75) is 32.2 Å². The molecule has 14 heavy (non-hydrogen) atoms. The maximum Gasteiger partial charge on any atom is 0.219 e. The van der Waals surface area contributed by atoms with Crippen molar-refractivity contribution in [1.82, 2.24) is 4.90 Å². The van der Waals surface area contributed by atoms with Crippen molar-refractivity contribution in [3.63, 3.8) is 0 Å². The van der Waals surface area contributed by atoms with Crippen LogP contribution >= 0.6 is 0 Å². The molecule has 1 heterocycles. The molecular weight excluding hydrogens is 180 g/mol. The van der Waals surface area contributed by atoms with Gasteiger partial charge in [-0.25, -0.2) is 0 Å². The fourth-order valence-corrected chi connectivity index (χ4v) is 1.89. The average molecular weight is 200 g/mol. The molecule has 1 atom stereocenters. The number of carbonyl (C=O) groups is 1. The third kappa shape index (κ3) is 3.27. The summed E-state index contributed by atoms with van der Waals surface area (Å²) in [5.41, 5.74) is 5.33. The van der Waals surface area contributed by atoms with E-state index in [0.717, 1.165) is 19.4 Å². The fraction of sp³-hybridized carbons (Fsp3) is 0.900. The molecule has 4 nitrogen and oxygen atoms in total. The number of rotatable bonds is 4. The number of amides is 1. The van der Waals surface area contributed by atoms with E-state index in [9.17, 15) is 4.79 Å². The number of nitrogens with two attached hydrogens (primary N) is 1. The summed E-state index contributed by atoms with van der Waals surface area (Å²) in [7, 11) is 0. The van der Waals surface area contributed by atoms with Crippen molar-refractivity contribution in [3.05, 3.63) is 0 Å². The van der Waals surface area contributed by atoms with Crippen LogP contribution in [0.4, 0.5) is 0 Å². The van der Waals surface area contributed by atoms with E-state index in [1.807, 2.05) is 4.90 Å². The van der Waals surface area contributed by atoms with Gasteiger partial charge in [-0.3, -0.25) is 4.79 Å². The lowest BCUT2D eigenvalue weighted by atomic mass is 10.0. The Morgan fingerprint density at radius 2 is 2.36 bits per heavy atom.